The minimum absolute atomic E-state index is 0.0869. The number of rotatable bonds is 11. The van der Waals surface area contributed by atoms with Crippen LogP contribution in [0.3, 0.4) is 0 Å². The summed E-state index contributed by atoms with van der Waals surface area (Å²) in [5.74, 6) is 0.365. The summed E-state index contributed by atoms with van der Waals surface area (Å²) in [7, 11) is 0. The van der Waals surface area contributed by atoms with E-state index < -0.39 is 5.60 Å². The smallest absolute Gasteiger partial charge is 0.0680 e. The second-order valence-corrected chi connectivity index (χ2v) is 9.54. The standard InChI is InChI=1S/C20H42O4/c1-15(13-21)19(7,8)24-14-16(2)18(5,6)20(9,10)23-12-11-17(3,4)22/h15-16,21-22H,11-14H2,1-10H3. The molecule has 0 aromatic rings. The molecule has 0 rings (SSSR count). The van der Waals surface area contributed by atoms with Crippen molar-refractivity contribution in [3.63, 3.8) is 0 Å². The van der Waals surface area contributed by atoms with Gasteiger partial charge in [-0.3, -0.25) is 0 Å². The number of hydrogen-bond donors (Lipinski definition) is 2. The Morgan fingerprint density at radius 3 is 1.75 bits per heavy atom. The maximum atomic E-state index is 9.86. The second-order valence-electron chi connectivity index (χ2n) is 9.54. The predicted molar refractivity (Wildman–Crippen MR) is 100 cm³/mol. The van der Waals surface area contributed by atoms with Crippen LogP contribution >= 0.6 is 0 Å². The first-order chi connectivity index (χ1) is 10.6. The zero-order valence-electron chi connectivity index (χ0n) is 17.7. The van der Waals surface area contributed by atoms with Gasteiger partial charge in [-0.2, -0.15) is 0 Å². The average Bonchev–Trinajstić information content (AvgIpc) is 2.41. The number of aliphatic hydroxyl groups is 2. The summed E-state index contributed by atoms with van der Waals surface area (Å²) in [6.45, 7) is 21.7. The van der Waals surface area contributed by atoms with Crippen LogP contribution in [0.1, 0.15) is 75.7 Å². The Kier molecular flexibility index (Phi) is 8.42. The molecule has 0 spiro atoms. The van der Waals surface area contributed by atoms with Crippen LogP contribution in [-0.2, 0) is 9.47 Å². The fourth-order valence-corrected chi connectivity index (χ4v) is 2.25. The van der Waals surface area contributed by atoms with Gasteiger partial charge in [-0.25, -0.2) is 0 Å². The third kappa shape index (κ3) is 6.99. The van der Waals surface area contributed by atoms with Gasteiger partial charge in [0.1, 0.15) is 0 Å². The van der Waals surface area contributed by atoms with E-state index in [1.165, 1.54) is 0 Å². The Bertz CT molecular complexity index is 366. The molecule has 4 nitrogen and oxygen atoms in total. The molecule has 0 bridgehead atoms. The van der Waals surface area contributed by atoms with Gasteiger partial charge in [-0.15, -0.1) is 0 Å². The molecule has 0 aliphatic rings. The molecule has 0 saturated heterocycles. The highest BCUT2D eigenvalue weighted by atomic mass is 16.5. The summed E-state index contributed by atoms with van der Waals surface area (Å²) in [6, 6.07) is 0. The summed E-state index contributed by atoms with van der Waals surface area (Å²) in [6.07, 6.45) is 0.610. The van der Waals surface area contributed by atoms with Gasteiger partial charge in [0.2, 0.25) is 0 Å². The van der Waals surface area contributed by atoms with Crippen molar-refractivity contribution in [1.29, 1.82) is 0 Å². The number of aliphatic hydroxyl groups excluding tert-OH is 1. The van der Waals surface area contributed by atoms with Gasteiger partial charge in [0, 0.05) is 12.5 Å². The molecule has 2 atom stereocenters. The fourth-order valence-electron chi connectivity index (χ4n) is 2.25. The lowest BCUT2D eigenvalue weighted by Crippen LogP contribution is -2.48. The SMILES string of the molecule is CC(CO)C(C)(C)OCC(C)C(C)(C)C(C)(C)OCCC(C)(C)O. The van der Waals surface area contributed by atoms with Crippen LogP contribution < -0.4 is 0 Å². The van der Waals surface area contributed by atoms with E-state index >= 15 is 0 Å². The maximum Gasteiger partial charge on any atom is 0.0680 e. The van der Waals surface area contributed by atoms with Crippen molar-refractivity contribution < 1.29 is 19.7 Å². The third-order valence-electron chi connectivity index (χ3n) is 6.13. The van der Waals surface area contributed by atoms with E-state index in [-0.39, 0.29) is 35.1 Å². The van der Waals surface area contributed by atoms with Gasteiger partial charge >= 0.3 is 0 Å². The highest BCUT2D eigenvalue weighted by Gasteiger charge is 2.43. The zero-order valence-corrected chi connectivity index (χ0v) is 17.7. The van der Waals surface area contributed by atoms with E-state index in [0.717, 1.165) is 0 Å². The monoisotopic (exact) mass is 346 g/mol. The molecule has 0 aliphatic heterocycles. The fraction of sp³-hybridized carbons (Fsp3) is 1.00. The zero-order chi connectivity index (χ0) is 19.4. The maximum absolute atomic E-state index is 9.86. The normalized spacial score (nSPS) is 17.0. The second kappa shape index (κ2) is 8.48. The van der Waals surface area contributed by atoms with Crippen molar-refractivity contribution in [3.8, 4) is 0 Å². The molecule has 146 valence electrons. The van der Waals surface area contributed by atoms with E-state index in [9.17, 15) is 10.2 Å². The van der Waals surface area contributed by atoms with Crippen molar-refractivity contribution in [3.05, 3.63) is 0 Å². The highest BCUT2D eigenvalue weighted by Crippen LogP contribution is 2.41. The molecule has 0 radical (unpaired) electrons. The molecule has 0 aromatic carbocycles. The molecule has 4 heteroatoms. The van der Waals surface area contributed by atoms with Crippen molar-refractivity contribution in [2.45, 2.75) is 92.5 Å². The van der Waals surface area contributed by atoms with Crippen LogP contribution in [0.15, 0.2) is 0 Å². The van der Waals surface area contributed by atoms with Crippen LogP contribution in [0.5, 0.6) is 0 Å². The summed E-state index contributed by atoms with van der Waals surface area (Å²) in [5, 5.41) is 19.2. The minimum Gasteiger partial charge on any atom is -0.396 e. The van der Waals surface area contributed by atoms with Gasteiger partial charge in [0.05, 0.1) is 30.0 Å². The summed E-state index contributed by atoms with van der Waals surface area (Å²) in [5.41, 5.74) is -1.51. The van der Waals surface area contributed by atoms with Crippen LogP contribution in [-0.4, -0.2) is 46.8 Å². The van der Waals surface area contributed by atoms with Crippen LogP contribution in [0.2, 0.25) is 0 Å². The summed E-state index contributed by atoms with van der Waals surface area (Å²) in [4.78, 5) is 0. The van der Waals surface area contributed by atoms with E-state index in [0.29, 0.717) is 19.6 Å². The van der Waals surface area contributed by atoms with Crippen molar-refractivity contribution in [2.24, 2.45) is 17.3 Å². The van der Waals surface area contributed by atoms with Gasteiger partial charge < -0.3 is 19.7 Å². The van der Waals surface area contributed by atoms with E-state index in [4.69, 9.17) is 9.47 Å². The van der Waals surface area contributed by atoms with Gasteiger partial charge in [-0.1, -0.05) is 27.7 Å². The Hall–Kier alpha value is -0.160. The lowest BCUT2D eigenvalue weighted by atomic mass is 9.68. The molecule has 0 fully saturated rings. The molecule has 0 amide bonds. The van der Waals surface area contributed by atoms with E-state index in [2.05, 4.69) is 34.6 Å². The van der Waals surface area contributed by atoms with Crippen molar-refractivity contribution >= 4 is 0 Å². The van der Waals surface area contributed by atoms with Gasteiger partial charge in [0.25, 0.3) is 0 Å². The molecular formula is C20H42O4. The summed E-state index contributed by atoms with van der Waals surface area (Å²) >= 11 is 0. The first kappa shape index (κ1) is 23.8. The molecular weight excluding hydrogens is 304 g/mol. The van der Waals surface area contributed by atoms with Crippen LogP contribution in [0, 0.1) is 17.3 Å². The molecule has 2 unspecified atom stereocenters. The predicted octanol–water partition coefficient (Wildman–Crippen LogP) is 4.03. The van der Waals surface area contributed by atoms with Gasteiger partial charge in [0.15, 0.2) is 0 Å². The van der Waals surface area contributed by atoms with Gasteiger partial charge in [-0.05, 0) is 59.3 Å². The van der Waals surface area contributed by atoms with Crippen molar-refractivity contribution in [1.82, 2.24) is 0 Å². The average molecular weight is 347 g/mol. The quantitative estimate of drug-likeness (QED) is 0.593. The number of ether oxygens (including phenoxy) is 2. The minimum atomic E-state index is -0.709. The Morgan fingerprint density at radius 1 is 0.833 bits per heavy atom. The Labute approximate surface area is 149 Å². The van der Waals surface area contributed by atoms with Crippen LogP contribution in [0.25, 0.3) is 0 Å². The summed E-state index contributed by atoms with van der Waals surface area (Å²) < 4.78 is 12.3. The third-order valence-corrected chi connectivity index (χ3v) is 6.13. The lowest BCUT2D eigenvalue weighted by Gasteiger charge is -2.46. The molecule has 0 saturated carbocycles. The van der Waals surface area contributed by atoms with Crippen LogP contribution in [0.4, 0.5) is 0 Å². The molecule has 2 N–H and O–H groups in total. The highest BCUT2D eigenvalue weighted by molar-refractivity contribution is 4.92. The van der Waals surface area contributed by atoms with Crippen molar-refractivity contribution in [2.75, 3.05) is 19.8 Å². The number of hydrogen-bond acceptors (Lipinski definition) is 4. The molecule has 0 aliphatic carbocycles. The Morgan fingerprint density at radius 2 is 1.33 bits per heavy atom. The molecule has 0 heterocycles. The first-order valence-electron chi connectivity index (χ1n) is 9.18. The lowest BCUT2D eigenvalue weighted by molar-refractivity contribution is -0.153. The Balaban J connectivity index is 4.77. The largest absolute Gasteiger partial charge is 0.396 e. The van der Waals surface area contributed by atoms with E-state index in [1.54, 1.807) is 13.8 Å². The molecule has 24 heavy (non-hydrogen) atoms. The van der Waals surface area contributed by atoms with E-state index in [1.807, 2.05) is 20.8 Å². The first-order valence-corrected chi connectivity index (χ1v) is 9.18. The molecule has 0 aromatic heterocycles. The topological polar surface area (TPSA) is 58.9 Å².